The van der Waals surface area contributed by atoms with E-state index in [1.807, 2.05) is 45.0 Å². The first-order valence-electron chi connectivity index (χ1n) is 11.9. The molecule has 0 aliphatic heterocycles. The standard InChI is InChI=1S/C26H34F3N3O4S/c1-18(2)30-25(34)20(4)31(17-21-11-7-6-10-19(21)3)24(33)14-9-15-32(37(5,35)36)23-13-8-12-22(16-23)26(27,28)29/h6-8,10-13,16,18,20H,9,14-15,17H2,1-5H3,(H,30,34). The van der Waals surface area contributed by atoms with Crippen molar-refractivity contribution < 1.29 is 31.2 Å². The van der Waals surface area contributed by atoms with Crippen LogP contribution in [0.3, 0.4) is 0 Å². The lowest BCUT2D eigenvalue weighted by molar-refractivity contribution is -0.140. The molecule has 11 heteroatoms. The predicted octanol–water partition coefficient (Wildman–Crippen LogP) is 4.50. The molecule has 37 heavy (non-hydrogen) atoms. The van der Waals surface area contributed by atoms with Crippen LogP contribution in [0.4, 0.5) is 18.9 Å². The van der Waals surface area contributed by atoms with E-state index in [0.29, 0.717) is 0 Å². The van der Waals surface area contributed by atoms with Gasteiger partial charge in [0, 0.05) is 25.6 Å². The van der Waals surface area contributed by atoms with Crippen LogP contribution in [-0.4, -0.2) is 50.0 Å². The number of sulfonamides is 1. The first-order valence-corrected chi connectivity index (χ1v) is 13.8. The van der Waals surface area contributed by atoms with E-state index in [4.69, 9.17) is 0 Å². The molecule has 1 atom stereocenters. The van der Waals surface area contributed by atoms with Crippen LogP contribution in [0.5, 0.6) is 0 Å². The Balaban J connectivity index is 2.23. The molecule has 0 aliphatic carbocycles. The predicted molar refractivity (Wildman–Crippen MR) is 137 cm³/mol. The molecule has 7 nitrogen and oxygen atoms in total. The highest BCUT2D eigenvalue weighted by molar-refractivity contribution is 7.92. The van der Waals surface area contributed by atoms with E-state index < -0.39 is 27.8 Å². The van der Waals surface area contributed by atoms with Gasteiger partial charge in [-0.05, 0) is 63.4 Å². The van der Waals surface area contributed by atoms with Crippen molar-refractivity contribution in [2.75, 3.05) is 17.1 Å². The Bertz CT molecular complexity index is 1200. The second-order valence-corrected chi connectivity index (χ2v) is 11.2. The summed E-state index contributed by atoms with van der Waals surface area (Å²) in [6, 6.07) is 10.6. The molecule has 2 rings (SSSR count). The molecule has 2 amide bonds. The van der Waals surface area contributed by atoms with E-state index >= 15 is 0 Å². The monoisotopic (exact) mass is 541 g/mol. The molecule has 2 aromatic rings. The minimum Gasteiger partial charge on any atom is -0.352 e. The molecule has 0 heterocycles. The molecular formula is C26H34F3N3O4S. The van der Waals surface area contributed by atoms with Gasteiger partial charge in [-0.2, -0.15) is 13.2 Å². The summed E-state index contributed by atoms with van der Waals surface area (Å²) < 4.78 is 65.1. The van der Waals surface area contributed by atoms with Crippen LogP contribution >= 0.6 is 0 Å². The molecule has 2 aromatic carbocycles. The van der Waals surface area contributed by atoms with E-state index in [1.165, 1.54) is 11.0 Å². The Morgan fingerprint density at radius 1 is 1.03 bits per heavy atom. The van der Waals surface area contributed by atoms with Crippen molar-refractivity contribution in [2.24, 2.45) is 0 Å². The Hall–Kier alpha value is -3.08. The van der Waals surface area contributed by atoms with Crippen LogP contribution in [0.25, 0.3) is 0 Å². The largest absolute Gasteiger partial charge is 0.416 e. The highest BCUT2D eigenvalue weighted by atomic mass is 32.2. The van der Waals surface area contributed by atoms with Gasteiger partial charge in [-0.15, -0.1) is 0 Å². The number of rotatable bonds is 11. The third-order valence-corrected chi connectivity index (χ3v) is 7.01. The smallest absolute Gasteiger partial charge is 0.352 e. The number of carbonyl (C=O) groups excluding carboxylic acids is 2. The fourth-order valence-electron chi connectivity index (χ4n) is 3.80. The Labute approximate surface area is 216 Å². The molecule has 0 aromatic heterocycles. The Morgan fingerprint density at radius 2 is 1.68 bits per heavy atom. The fraction of sp³-hybridized carbons (Fsp3) is 0.462. The fourth-order valence-corrected chi connectivity index (χ4v) is 4.76. The number of hydrogen-bond acceptors (Lipinski definition) is 4. The van der Waals surface area contributed by atoms with Crippen molar-refractivity contribution >= 4 is 27.5 Å². The zero-order valence-corrected chi connectivity index (χ0v) is 22.5. The van der Waals surface area contributed by atoms with Crippen molar-refractivity contribution in [1.29, 1.82) is 0 Å². The topological polar surface area (TPSA) is 86.8 Å². The molecule has 0 spiro atoms. The highest BCUT2D eigenvalue weighted by Crippen LogP contribution is 2.32. The van der Waals surface area contributed by atoms with Crippen molar-refractivity contribution in [3.63, 3.8) is 0 Å². The number of nitrogens with one attached hydrogen (secondary N) is 1. The van der Waals surface area contributed by atoms with Crippen LogP contribution in [0, 0.1) is 6.92 Å². The normalized spacial score (nSPS) is 12.8. The number of anilines is 1. The maximum atomic E-state index is 13.3. The van der Waals surface area contributed by atoms with Crippen molar-refractivity contribution in [3.05, 3.63) is 65.2 Å². The van der Waals surface area contributed by atoms with E-state index in [0.717, 1.165) is 39.9 Å². The third kappa shape index (κ3) is 8.77. The second kappa shape index (κ2) is 12.4. The summed E-state index contributed by atoms with van der Waals surface area (Å²) in [6.45, 7) is 7.13. The lowest BCUT2D eigenvalue weighted by Gasteiger charge is -2.30. The third-order valence-electron chi connectivity index (χ3n) is 5.81. The van der Waals surface area contributed by atoms with Crippen molar-refractivity contribution in [2.45, 2.75) is 65.3 Å². The van der Waals surface area contributed by atoms with Gasteiger partial charge in [0.15, 0.2) is 0 Å². The molecule has 0 aliphatic rings. The van der Waals surface area contributed by atoms with Crippen LogP contribution in [0.1, 0.15) is 50.3 Å². The van der Waals surface area contributed by atoms with Gasteiger partial charge in [0.2, 0.25) is 21.8 Å². The summed E-state index contributed by atoms with van der Waals surface area (Å²) in [5, 5.41) is 2.80. The molecule has 0 fully saturated rings. The molecule has 1 unspecified atom stereocenters. The summed E-state index contributed by atoms with van der Waals surface area (Å²) in [5.41, 5.74) is 0.710. The zero-order valence-electron chi connectivity index (χ0n) is 21.7. The average molecular weight is 542 g/mol. The maximum Gasteiger partial charge on any atom is 0.416 e. The number of halogens is 3. The summed E-state index contributed by atoms with van der Waals surface area (Å²) in [5.74, 6) is -0.689. The van der Waals surface area contributed by atoms with Gasteiger partial charge in [0.25, 0.3) is 0 Å². The Kier molecular flexibility index (Phi) is 10.1. The average Bonchev–Trinajstić information content (AvgIpc) is 2.79. The first kappa shape index (κ1) is 30.1. The quantitative estimate of drug-likeness (QED) is 0.454. The molecular weight excluding hydrogens is 507 g/mol. The lowest BCUT2D eigenvalue weighted by Crippen LogP contribution is -2.49. The number of amides is 2. The van der Waals surface area contributed by atoms with Gasteiger partial charge < -0.3 is 10.2 Å². The van der Waals surface area contributed by atoms with Crippen LogP contribution < -0.4 is 9.62 Å². The SMILES string of the molecule is Cc1ccccc1CN(C(=O)CCCN(c1cccc(C(F)(F)F)c1)S(C)(=O)=O)C(C)C(=O)NC(C)C. The number of nitrogens with zero attached hydrogens (tertiary/aromatic N) is 2. The molecule has 0 saturated heterocycles. The van der Waals surface area contributed by atoms with Gasteiger partial charge in [-0.25, -0.2) is 8.42 Å². The van der Waals surface area contributed by atoms with Crippen LogP contribution in [-0.2, 0) is 32.3 Å². The van der Waals surface area contributed by atoms with E-state index in [-0.39, 0.29) is 49.5 Å². The van der Waals surface area contributed by atoms with Gasteiger partial charge in [-0.3, -0.25) is 13.9 Å². The van der Waals surface area contributed by atoms with Gasteiger partial charge >= 0.3 is 6.18 Å². The number of hydrogen-bond donors (Lipinski definition) is 1. The van der Waals surface area contributed by atoms with Crippen molar-refractivity contribution in [1.82, 2.24) is 10.2 Å². The van der Waals surface area contributed by atoms with E-state index in [2.05, 4.69) is 5.32 Å². The van der Waals surface area contributed by atoms with E-state index in [9.17, 15) is 31.2 Å². The van der Waals surface area contributed by atoms with Gasteiger partial charge in [0.05, 0.1) is 17.5 Å². The second-order valence-electron chi connectivity index (χ2n) is 9.27. The van der Waals surface area contributed by atoms with E-state index in [1.54, 1.807) is 6.92 Å². The minimum atomic E-state index is -4.63. The summed E-state index contributed by atoms with van der Waals surface area (Å²) in [7, 11) is -3.92. The van der Waals surface area contributed by atoms with Crippen LogP contribution in [0.15, 0.2) is 48.5 Å². The lowest BCUT2D eigenvalue weighted by atomic mass is 10.1. The van der Waals surface area contributed by atoms with Crippen molar-refractivity contribution in [3.8, 4) is 0 Å². The molecule has 0 radical (unpaired) electrons. The number of carbonyl (C=O) groups is 2. The Morgan fingerprint density at radius 3 is 2.24 bits per heavy atom. The first-order chi connectivity index (χ1) is 17.1. The molecule has 0 saturated carbocycles. The highest BCUT2D eigenvalue weighted by Gasteiger charge is 2.32. The number of aryl methyl sites for hydroxylation is 1. The molecule has 204 valence electrons. The molecule has 1 N–H and O–H groups in total. The zero-order chi connectivity index (χ0) is 28.0. The number of alkyl halides is 3. The summed E-state index contributed by atoms with van der Waals surface area (Å²) in [6.07, 6.45) is -3.78. The minimum absolute atomic E-state index is 0.0466. The van der Waals surface area contributed by atoms with Gasteiger partial charge in [-0.1, -0.05) is 30.3 Å². The maximum absolute atomic E-state index is 13.3. The summed E-state index contributed by atoms with van der Waals surface area (Å²) in [4.78, 5) is 27.4. The number of benzene rings is 2. The van der Waals surface area contributed by atoms with Gasteiger partial charge in [0.1, 0.15) is 6.04 Å². The molecule has 0 bridgehead atoms. The van der Waals surface area contributed by atoms with Crippen LogP contribution in [0.2, 0.25) is 0 Å². The summed E-state index contributed by atoms with van der Waals surface area (Å²) >= 11 is 0.